The predicted molar refractivity (Wildman–Crippen MR) is 56.8 cm³/mol. The number of nitrogens with zero attached hydrogens (tertiary/aromatic N) is 2. The van der Waals surface area contributed by atoms with Crippen molar-refractivity contribution in [2.45, 2.75) is 6.92 Å². The second-order valence-corrected chi connectivity index (χ2v) is 3.38. The Labute approximate surface area is 95.2 Å². The third-order valence-electron chi connectivity index (χ3n) is 1.67. The average molecular weight is 243 g/mol. The summed E-state index contributed by atoms with van der Waals surface area (Å²) in [5.74, 6) is 0. The van der Waals surface area contributed by atoms with Gasteiger partial charge in [0.05, 0.1) is 10.0 Å². The van der Waals surface area contributed by atoms with E-state index in [1.165, 1.54) is 18.2 Å². The van der Waals surface area contributed by atoms with Crippen LogP contribution in [0.15, 0.2) is 16.1 Å². The fourth-order valence-electron chi connectivity index (χ4n) is 1.05. The Morgan fingerprint density at radius 2 is 1.67 bits per heavy atom. The Morgan fingerprint density at radius 1 is 1.13 bits per heavy atom. The first-order chi connectivity index (χ1) is 7.11. The van der Waals surface area contributed by atoms with Crippen LogP contribution in [-0.2, 0) is 9.59 Å². The number of rotatable bonds is 2. The van der Waals surface area contributed by atoms with Crippen molar-refractivity contribution in [1.29, 1.82) is 0 Å². The number of hydrogen-bond acceptors (Lipinski definition) is 4. The van der Waals surface area contributed by atoms with Crippen molar-refractivity contribution in [2.75, 3.05) is 0 Å². The minimum absolute atomic E-state index is 0.0340. The molecule has 0 aliphatic heterocycles. The molecule has 0 aliphatic rings. The summed E-state index contributed by atoms with van der Waals surface area (Å²) in [4.78, 5) is 27.0. The van der Waals surface area contributed by atoms with Gasteiger partial charge in [-0.15, -0.1) is 0 Å². The monoisotopic (exact) mass is 242 g/mol. The summed E-state index contributed by atoms with van der Waals surface area (Å²) in [6, 6.07) is 1.50. The van der Waals surface area contributed by atoms with E-state index in [4.69, 9.17) is 23.2 Å². The van der Waals surface area contributed by atoms with Crippen LogP contribution in [0.4, 0.5) is 11.4 Å². The largest absolute Gasteiger partial charge is 0.240 e. The standard InChI is InChI=1S/C9H4Cl2N2O2/c1-5-2-6(10)9(13-4-15)7(11)8(5)12-3-14/h2H,1H3. The summed E-state index contributed by atoms with van der Waals surface area (Å²) in [5, 5.41) is 0.234. The van der Waals surface area contributed by atoms with E-state index in [1.54, 1.807) is 6.92 Å². The lowest BCUT2D eigenvalue weighted by Crippen LogP contribution is -1.80. The van der Waals surface area contributed by atoms with Gasteiger partial charge < -0.3 is 0 Å². The summed E-state index contributed by atoms with van der Waals surface area (Å²) in [7, 11) is 0. The molecular weight excluding hydrogens is 239 g/mol. The van der Waals surface area contributed by atoms with Crippen molar-refractivity contribution in [1.82, 2.24) is 0 Å². The van der Waals surface area contributed by atoms with E-state index in [2.05, 4.69) is 9.98 Å². The maximum atomic E-state index is 10.1. The van der Waals surface area contributed by atoms with Crippen molar-refractivity contribution in [3.8, 4) is 0 Å². The molecule has 0 spiro atoms. The number of hydrogen-bond donors (Lipinski definition) is 0. The minimum Gasteiger partial charge on any atom is -0.211 e. The molecule has 0 amide bonds. The molecule has 0 unspecified atom stereocenters. The van der Waals surface area contributed by atoms with Crippen LogP contribution in [0.25, 0.3) is 0 Å². The number of aryl methyl sites for hydroxylation is 1. The zero-order valence-electron chi connectivity index (χ0n) is 7.54. The molecule has 6 heteroatoms. The highest BCUT2D eigenvalue weighted by molar-refractivity contribution is 6.40. The molecular formula is C9H4Cl2N2O2. The van der Waals surface area contributed by atoms with Gasteiger partial charge in [-0.25, -0.2) is 9.59 Å². The van der Waals surface area contributed by atoms with Crippen molar-refractivity contribution < 1.29 is 9.59 Å². The van der Waals surface area contributed by atoms with Crippen LogP contribution in [0.5, 0.6) is 0 Å². The maximum absolute atomic E-state index is 10.1. The highest BCUT2D eigenvalue weighted by Gasteiger charge is 2.13. The Balaban J connectivity index is 3.62. The SMILES string of the molecule is Cc1cc(Cl)c(N=C=O)c(Cl)c1N=C=O. The highest BCUT2D eigenvalue weighted by Crippen LogP contribution is 2.41. The average Bonchev–Trinajstić information content (AvgIpc) is 2.19. The molecule has 0 radical (unpaired) electrons. The fourth-order valence-corrected chi connectivity index (χ4v) is 1.73. The molecule has 0 aromatic heterocycles. The molecule has 1 aromatic rings. The molecule has 0 heterocycles. The molecule has 1 aromatic carbocycles. The molecule has 0 atom stereocenters. The van der Waals surface area contributed by atoms with Crippen LogP contribution >= 0.6 is 23.2 Å². The van der Waals surface area contributed by atoms with Gasteiger partial charge in [0, 0.05) is 0 Å². The van der Waals surface area contributed by atoms with Crippen molar-refractivity contribution in [2.24, 2.45) is 9.98 Å². The lowest BCUT2D eigenvalue weighted by atomic mass is 10.2. The Kier molecular flexibility index (Phi) is 3.78. The third-order valence-corrected chi connectivity index (χ3v) is 2.32. The Morgan fingerprint density at radius 3 is 2.20 bits per heavy atom. The number of carbonyl (C=O) groups excluding carboxylic acids is 2. The molecule has 0 aliphatic carbocycles. The predicted octanol–water partition coefficient (Wildman–Crippen LogP) is 3.24. The first kappa shape index (κ1) is 11.6. The molecule has 0 saturated heterocycles. The number of halogens is 2. The zero-order valence-corrected chi connectivity index (χ0v) is 9.06. The van der Waals surface area contributed by atoms with E-state index in [9.17, 15) is 9.59 Å². The van der Waals surface area contributed by atoms with Crippen LogP contribution in [0.1, 0.15) is 5.56 Å². The smallest absolute Gasteiger partial charge is 0.211 e. The number of isocyanates is 2. The third kappa shape index (κ3) is 2.32. The van der Waals surface area contributed by atoms with Crippen LogP contribution < -0.4 is 0 Å². The van der Waals surface area contributed by atoms with E-state index >= 15 is 0 Å². The van der Waals surface area contributed by atoms with Gasteiger partial charge in [0.2, 0.25) is 12.2 Å². The van der Waals surface area contributed by atoms with Gasteiger partial charge in [-0.3, -0.25) is 0 Å². The van der Waals surface area contributed by atoms with Gasteiger partial charge in [0.25, 0.3) is 0 Å². The topological polar surface area (TPSA) is 58.9 Å². The highest BCUT2D eigenvalue weighted by atomic mass is 35.5. The van der Waals surface area contributed by atoms with Gasteiger partial charge in [-0.05, 0) is 18.6 Å². The molecule has 76 valence electrons. The lowest BCUT2D eigenvalue weighted by Gasteiger charge is -2.05. The van der Waals surface area contributed by atoms with Crippen LogP contribution in [0.3, 0.4) is 0 Å². The van der Waals surface area contributed by atoms with Gasteiger partial charge in [0.15, 0.2) is 0 Å². The van der Waals surface area contributed by atoms with Crippen molar-refractivity contribution in [3.05, 3.63) is 21.7 Å². The molecule has 0 bridgehead atoms. The quantitative estimate of drug-likeness (QED) is 0.591. The summed E-state index contributed by atoms with van der Waals surface area (Å²) in [6.45, 7) is 1.67. The van der Waals surface area contributed by atoms with Crippen molar-refractivity contribution >= 4 is 46.7 Å². The maximum Gasteiger partial charge on any atom is 0.240 e. The normalized spacial score (nSPS) is 9.00. The summed E-state index contributed by atoms with van der Waals surface area (Å²) in [5.41, 5.74) is 0.844. The van der Waals surface area contributed by atoms with E-state index in [0.29, 0.717) is 5.56 Å². The molecule has 0 N–H and O–H groups in total. The van der Waals surface area contributed by atoms with Gasteiger partial charge >= 0.3 is 0 Å². The van der Waals surface area contributed by atoms with Crippen LogP contribution in [0, 0.1) is 6.92 Å². The first-order valence-electron chi connectivity index (χ1n) is 3.76. The van der Waals surface area contributed by atoms with Gasteiger partial charge in [-0.1, -0.05) is 23.2 Å². The fraction of sp³-hybridized carbons (Fsp3) is 0.111. The first-order valence-corrected chi connectivity index (χ1v) is 4.51. The van der Waals surface area contributed by atoms with E-state index < -0.39 is 0 Å². The van der Waals surface area contributed by atoms with Gasteiger partial charge in [-0.2, -0.15) is 9.98 Å². The second kappa shape index (κ2) is 4.87. The van der Waals surface area contributed by atoms with Crippen molar-refractivity contribution in [3.63, 3.8) is 0 Å². The summed E-state index contributed by atoms with van der Waals surface area (Å²) in [6.07, 6.45) is 2.68. The molecule has 4 nitrogen and oxygen atoms in total. The van der Waals surface area contributed by atoms with E-state index in [1.807, 2.05) is 0 Å². The minimum atomic E-state index is 0.0340. The van der Waals surface area contributed by atoms with Crippen LogP contribution in [0.2, 0.25) is 10.0 Å². The molecule has 1 rings (SSSR count). The summed E-state index contributed by atoms with van der Waals surface area (Å²) >= 11 is 11.6. The number of benzene rings is 1. The molecule has 0 saturated carbocycles. The Bertz CT molecular complexity index is 459. The second-order valence-electron chi connectivity index (χ2n) is 2.59. The Hall–Kier alpha value is -1.44. The van der Waals surface area contributed by atoms with Gasteiger partial charge in [0.1, 0.15) is 11.4 Å². The molecule has 15 heavy (non-hydrogen) atoms. The molecule has 0 fully saturated rings. The number of aliphatic imine (C=N–C) groups is 2. The lowest BCUT2D eigenvalue weighted by molar-refractivity contribution is 0.565. The van der Waals surface area contributed by atoms with E-state index in [-0.39, 0.29) is 21.4 Å². The summed E-state index contributed by atoms with van der Waals surface area (Å²) < 4.78 is 0. The van der Waals surface area contributed by atoms with Crippen LogP contribution in [-0.4, -0.2) is 12.2 Å². The zero-order chi connectivity index (χ0) is 11.4. The van der Waals surface area contributed by atoms with E-state index in [0.717, 1.165) is 0 Å².